The van der Waals surface area contributed by atoms with Crippen LogP contribution in [0.25, 0.3) is 0 Å². The van der Waals surface area contributed by atoms with Gasteiger partial charge in [0.25, 0.3) is 0 Å². The quantitative estimate of drug-likeness (QED) is 0.0279. The fourth-order valence-electron chi connectivity index (χ4n) is 5.21. The summed E-state index contributed by atoms with van der Waals surface area (Å²) in [6.07, 6.45) is 37.6. The maximum atomic E-state index is 12.6. The van der Waals surface area contributed by atoms with Crippen molar-refractivity contribution in [1.82, 2.24) is 5.32 Å². The molecule has 0 radical (unpaired) electrons. The topological polar surface area (TPSA) is 120 Å². The van der Waals surface area contributed by atoms with Gasteiger partial charge in [0, 0.05) is 19.4 Å². The van der Waals surface area contributed by atoms with Crippen molar-refractivity contribution in [1.29, 1.82) is 0 Å². The second kappa shape index (κ2) is 37.0. The zero-order valence-corrected chi connectivity index (χ0v) is 33.0. The Morgan fingerprint density at radius 3 is 1.64 bits per heavy atom. The van der Waals surface area contributed by atoms with Crippen molar-refractivity contribution in [3.63, 3.8) is 0 Å². The highest BCUT2D eigenvalue weighted by molar-refractivity contribution is 7.47. The zero-order valence-electron chi connectivity index (χ0n) is 32.1. The SMILES string of the molecule is CCCCC/C=C\C/C=C\C/C=C\CCCCC(=O)OC(COC(=O)CCCCCCCCCCCCCCC)COP(=O)(O)OCCNC. The molecule has 2 atom stereocenters. The Morgan fingerprint density at radius 2 is 1.08 bits per heavy atom. The molecule has 0 saturated heterocycles. The number of unbranched alkanes of at least 4 members (excludes halogenated alkanes) is 17. The Labute approximate surface area is 306 Å². The lowest BCUT2D eigenvalue weighted by Gasteiger charge is -2.20. The molecule has 0 bridgehead atoms. The largest absolute Gasteiger partial charge is 0.472 e. The van der Waals surface area contributed by atoms with Crippen LogP contribution in [0.15, 0.2) is 36.5 Å². The van der Waals surface area contributed by atoms with Crippen molar-refractivity contribution in [2.45, 2.75) is 174 Å². The zero-order chi connectivity index (χ0) is 36.8. The molecule has 0 saturated carbocycles. The first-order valence-corrected chi connectivity index (χ1v) is 21.4. The number of nitrogens with one attached hydrogen (secondary N) is 1. The molecular weight excluding hydrogens is 653 g/mol. The number of phosphoric ester groups is 1. The van der Waals surface area contributed by atoms with Crippen LogP contribution in [0.2, 0.25) is 0 Å². The predicted octanol–water partition coefficient (Wildman–Crippen LogP) is 10.9. The minimum atomic E-state index is -4.35. The van der Waals surface area contributed by atoms with Crippen LogP contribution in [-0.2, 0) is 32.7 Å². The molecule has 9 nitrogen and oxygen atoms in total. The average Bonchev–Trinajstić information content (AvgIpc) is 3.09. The van der Waals surface area contributed by atoms with Crippen LogP contribution in [0.3, 0.4) is 0 Å². The second-order valence-electron chi connectivity index (χ2n) is 13.1. The van der Waals surface area contributed by atoms with Gasteiger partial charge in [-0.25, -0.2) is 4.57 Å². The molecule has 0 aromatic carbocycles. The molecule has 0 aromatic rings. The summed E-state index contributed by atoms with van der Waals surface area (Å²) in [7, 11) is -2.66. The summed E-state index contributed by atoms with van der Waals surface area (Å²) in [5, 5.41) is 2.81. The van der Waals surface area contributed by atoms with E-state index in [0.29, 0.717) is 13.0 Å². The van der Waals surface area contributed by atoms with Crippen LogP contribution in [0.4, 0.5) is 0 Å². The van der Waals surface area contributed by atoms with Crippen molar-refractivity contribution in [2.75, 3.05) is 33.4 Å². The van der Waals surface area contributed by atoms with E-state index in [1.165, 1.54) is 83.5 Å². The van der Waals surface area contributed by atoms with Crippen LogP contribution < -0.4 is 5.32 Å². The highest BCUT2D eigenvalue weighted by Crippen LogP contribution is 2.43. The van der Waals surface area contributed by atoms with E-state index in [1.54, 1.807) is 7.05 Å². The first-order chi connectivity index (χ1) is 24.3. The number of rotatable bonds is 37. The number of esters is 2. The number of carbonyl (C=O) groups excluding carboxylic acids is 2. The number of hydrogen-bond donors (Lipinski definition) is 2. The number of allylic oxidation sites excluding steroid dienone is 6. The minimum absolute atomic E-state index is 0.0237. The molecule has 0 fully saturated rings. The highest BCUT2D eigenvalue weighted by atomic mass is 31.2. The Bertz CT molecular complexity index is 923. The van der Waals surface area contributed by atoms with Gasteiger partial charge in [0.05, 0.1) is 13.2 Å². The second-order valence-corrected chi connectivity index (χ2v) is 14.6. The van der Waals surface area contributed by atoms with Gasteiger partial charge in [0.15, 0.2) is 6.10 Å². The van der Waals surface area contributed by atoms with Crippen LogP contribution >= 0.6 is 7.82 Å². The summed E-state index contributed by atoms with van der Waals surface area (Å²) < 4.78 is 33.0. The van der Waals surface area contributed by atoms with Crippen molar-refractivity contribution in [3.8, 4) is 0 Å². The molecule has 0 amide bonds. The number of ether oxygens (including phenoxy) is 2. The van der Waals surface area contributed by atoms with Crippen LogP contribution in [-0.4, -0.2) is 56.3 Å². The van der Waals surface area contributed by atoms with Gasteiger partial charge < -0.3 is 19.7 Å². The fraction of sp³-hybridized carbons (Fsp3) is 0.800. The third-order valence-electron chi connectivity index (χ3n) is 8.26. The van der Waals surface area contributed by atoms with Crippen LogP contribution in [0.5, 0.6) is 0 Å². The first-order valence-electron chi connectivity index (χ1n) is 19.9. The van der Waals surface area contributed by atoms with E-state index in [2.05, 4.69) is 55.6 Å². The molecule has 2 unspecified atom stereocenters. The van der Waals surface area contributed by atoms with Gasteiger partial charge in [-0.15, -0.1) is 0 Å². The first kappa shape index (κ1) is 48.2. The number of likely N-dealkylation sites (N-methyl/N-ethyl adjacent to an activating group) is 1. The van der Waals surface area contributed by atoms with Crippen LogP contribution in [0, 0.1) is 0 Å². The molecule has 50 heavy (non-hydrogen) atoms. The number of phosphoric acid groups is 1. The van der Waals surface area contributed by atoms with E-state index >= 15 is 0 Å². The maximum absolute atomic E-state index is 12.6. The van der Waals surface area contributed by atoms with Crippen LogP contribution in [0.1, 0.15) is 168 Å². The Morgan fingerprint density at radius 1 is 0.620 bits per heavy atom. The highest BCUT2D eigenvalue weighted by Gasteiger charge is 2.26. The Kier molecular flexibility index (Phi) is 35.7. The van der Waals surface area contributed by atoms with E-state index in [4.69, 9.17) is 18.5 Å². The summed E-state index contributed by atoms with van der Waals surface area (Å²) in [6.45, 7) is 4.14. The molecule has 0 aliphatic rings. The lowest BCUT2D eigenvalue weighted by Crippen LogP contribution is -2.29. The van der Waals surface area contributed by atoms with E-state index in [1.807, 2.05) is 0 Å². The molecule has 0 aliphatic heterocycles. The summed E-state index contributed by atoms with van der Waals surface area (Å²) in [5.74, 6) is -0.850. The molecule has 10 heteroatoms. The Hall–Kier alpha value is -1.77. The van der Waals surface area contributed by atoms with Crippen molar-refractivity contribution >= 4 is 19.8 Å². The summed E-state index contributed by atoms with van der Waals surface area (Å²) in [4.78, 5) is 34.9. The van der Waals surface area contributed by atoms with E-state index < -0.39 is 26.5 Å². The van der Waals surface area contributed by atoms with Gasteiger partial charge in [0.1, 0.15) is 6.61 Å². The van der Waals surface area contributed by atoms with Gasteiger partial charge in [0.2, 0.25) is 0 Å². The molecule has 0 heterocycles. The van der Waals surface area contributed by atoms with Crippen molar-refractivity contribution in [2.24, 2.45) is 0 Å². The Balaban J connectivity index is 4.34. The third kappa shape index (κ3) is 36.0. The smallest absolute Gasteiger partial charge is 0.462 e. The van der Waals surface area contributed by atoms with Crippen molar-refractivity contribution < 1.29 is 37.6 Å². The van der Waals surface area contributed by atoms with Gasteiger partial charge in [-0.05, 0) is 58.4 Å². The van der Waals surface area contributed by atoms with Gasteiger partial charge in [-0.3, -0.25) is 18.6 Å². The normalized spacial score (nSPS) is 13.8. The van der Waals surface area contributed by atoms with Gasteiger partial charge in [-0.2, -0.15) is 0 Å². The van der Waals surface area contributed by atoms with E-state index in [-0.39, 0.29) is 32.0 Å². The van der Waals surface area contributed by atoms with E-state index in [0.717, 1.165) is 51.4 Å². The number of carbonyl (C=O) groups is 2. The molecule has 0 rings (SSSR count). The van der Waals surface area contributed by atoms with Crippen molar-refractivity contribution in [3.05, 3.63) is 36.5 Å². The molecule has 292 valence electrons. The maximum Gasteiger partial charge on any atom is 0.472 e. The minimum Gasteiger partial charge on any atom is -0.462 e. The van der Waals surface area contributed by atoms with Gasteiger partial charge in [-0.1, -0.05) is 140 Å². The predicted molar refractivity (Wildman–Crippen MR) is 206 cm³/mol. The molecule has 0 aliphatic carbocycles. The molecule has 2 N–H and O–H groups in total. The molecule has 0 aromatic heterocycles. The lowest BCUT2D eigenvalue weighted by molar-refractivity contribution is -0.161. The van der Waals surface area contributed by atoms with Gasteiger partial charge >= 0.3 is 19.8 Å². The molecule has 0 spiro atoms. The summed E-state index contributed by atoms with van der Waals surface area (Å²) in [6, 6.07) is 0. The fourth-order valence-corrected chi connectivity index (χ4v) is 5.96. The summed E-state index contributed by atoms with van der Waals surface area (Å²) >= 11 is 0. The monoisotopic (exact) mass is 728 g/mol. The average molecular weight is 728 g/mol. The lowest BCUT2D eigenvalue weighted by atomic mass is 10.0. The molecular formula is C40H74NO8P. The standard InChI is InChI=1S/C40H74NO8P/c1-4-6-8-10-12-14-16-18-19-21-23-25-27-29-31-33-40(43)49-38(37-48-50(44,45)47-35-34-41-3)36-46-39(42)32-30-28-26-24-22-20-17-15-13-11-9-7-5-2/h12,14,18-19,23,25,38,41H,4-11,13,15-17,20-22,24,26-37H2,1-3H3,(H,44,45)/b14-12-,19-18-,25-23-. The number of hydrogen-bond acceptors (Lipinski definition) is 8. The van der Waals surface area contributed by atoms with E-state index in [9.17, 15) is 19.0 Å². The summed E-state index contributed by atoms with van der Waals surface area (Å²) in [5.41, 5.74) is 0. The third-order valence-corrected chi connectivity index (χ3v) is 9.25.